The topological polar surface area (TPSA) is 25.0 Å². The lowest BCUT2D eigenvalue weighted by Crippen LogP contribution is -2.08. The summed E-state index contributed by atoms with van der Waals surface area (Å²) in [5.74, 6) is 0.475. The van der Waals surface area contributed by atoms with Crippen LogP contribution in [0, 0.1) is 5.92 Å². The maximum absolute atomic E-state index is 5.50. The molecule has 1 aromatic carbocycles. The van der Waals surface area contributed by atoms with Gasteiger partial charge in [-0.2, -0.15) is 0 Å². The molecule has 0 radical (unpaired) electrons. The Kier molecular flexibility index (Phi) is 2.78. The van der Waals surface area contributed by atoms with Crippen LogP contribution in [0.25, 0.3) is 10.9 Å². The quantitative estimate of drug-likeness (QED) is 0.811. The van der Waals surface area contributed by atoms with E-state index in [1.54, 1.807) is 7.11 Å². The molecule has 2 rings (SSSR count). The Morgan fingerprint density at radius 3 is 2.53 bits per heavy atom. The zero-order valence-corrected chi connectivity index (χ0v) is 9.45. The number of ether oxygens (including phenoxy) is 1. The molecule has 80 valence electrons. The molecule has 1 unspecified atom stereocenters. The number of nitrogens with one attached hydrogen (secondary N) is 1. The molecule has 1 N–H and O–H groups in total. The number of aromatic nitrogens is 1. The molecule has 2 heteroatoms. The molecule has 0 fully saturated rings. The molecule has 1 atom stereocenters. The molecule has 0 bridgehead atoms. The number of benzene rings is 1. The maximum Gasteiger partial charge on any atom is 0.0991 e. The fraction of sp³-hybridized carbons (Fsp3) is 0.385. The Labute approximate surface area is 90.3 Å². The highest BCUT2D eigenvalue weighted by Crippen LogP contribution is 2.27. The van der Waals surface area contributed by atoms with E-state index >= 15 is 0 Å². The third-order valence-corrected chi connectivity index (χ3v) is 2.72. The molecule has 15 heavy (non-hydrogen) atoms. The van der Waals surface area contributed by atoms with Crippen molar-refractivity contribution < 1.29 is 4.74 Å². The van der Waals surface area contributed by atoms with Crippen molar-refractivity contribution in [1.29, 1.82) is 0 Å². The normalized spacial score (nSPS) is 13.6. The highest BCUT2D eigenvalue weighted by Gasteiger charge is 2.16. The van der Waals surface area contributed by atoms with Crippen LogP contribution in [0.15, 0.2) is 30.3 Å². The van der Waals surface area contributed by atoms with Gasteiger partial charge in [-0.15, -0.1) is 0 Å². The Morgan fingerprint density at radius 1 is 1.20 bits per heavy atom. The lowest BCUT2D eigenvalue weighted by atomic mass is 10.0. The second-order valence-electron chi connectivity index (χ2n) is 4.21. The summed E-state index contributed by atoms with van der Waals surface area (Å²) in [5, 5.41) is 1.25. The second-order valence-corrected chi connectivity index (χ2v) is 4.21. The van der Waals surface area contributed by atoms with E-state index in [0.717, 1.165) is 5.69 Å². The number of fused-ring (bicyclic) bond motifs is 1. The number of rotatable bonds is 3. The fourth-order valence-electron chi connectivity index (χ4n) is 2.01. The zero-order valence-electron chi connectivity index (χ0n) is 9.45. The summed E-state index contributed by atoms with van der Waals surface area (Å²) in [7, 11) is 1.76. The number of hydrogen-bond acceptors (Lipinski definition) is 1. The van der Waals surface area contributed by atoms with E-state index in [-0.39, 0.29) is 6.10 Å². The van der Waals surface area contributed by atoms with Gasteiger partial charge in [0, 0.05) is 18.3 Å². The minimum Gasteiger partial charge on any atom is -0.375 e. The SMILES string of the molecule is COC(c1cc2ccccc2[nH]1)C(C)C. The molecular formula is C13H17NO. The van der Waals surface area contributed by atoms with Gasteiger partial charge in [0.2, 0.25) is 0 Å². The molecular weight excluding hydrogens is 186 g/mol. The summed E-state index contributed by atoms with van der Waals surface area (Å²) in [6.45, 7) is 4.33. The molecule has 0 aliphatic carbocycles. The highest BCUT2D eigenvalue weighted by molar-refractivity contribution is 5.80. The summed E-state index contributed by atoms with van der Waals surface area (Å²) in [6.07, 6.45) is 0.150. The Bertz CT molecular complexity index is 411. The van der Waals surface area contributed by atoms with Crippen molar-refractivity contribution in [1.82, 2.24) is 4.98 Å². The Hall–Kier alpha value is -1.28. The van der Waals surface area contributed by atoms with Crippen LogP contribution in [0.4, 0.5) is 0 Å². The Balaban J connectivity index is 2.43. The van der Waals surface area contributed by atoms with Gasteiger partial charge in [0.15, 0.2) is 0 Å². The molecule has 1 heterocycles. The molecule has 0 saturated heterocycles. The van der Waals surface area contributed by atoms with Crippen molar-refractivity contribution in [2.45, 2.75) is 20.0 Å². The molecule has 0 aliphatic heterocycles. The van der Waals surface area contributed by atoms with Crippen LogP contribution in [0.1, 0.15) is 25.6 Å². The van der Waals surface area contributed by atoms with Gasteiger partial charge in [0.05, 0.1) is 6.10 Å². The van der Waals surface area contributed by atoms with E-state index in [4.69, 9.17) is 4.74 Å². The van der Waals surface area contributed by atoms with Crippen molar-refractivity contribution in [2.75, 3.05) is 7.11 Å². The molecule has 0 spiro atoms. The average molecular weight is 203 g/mol. The first kappa shape index (κ1) is 10.2. The van der Waals surface area contributed by atoms with Gasteiger partial charge in [-0.1, -0.05) is 32.0 Å². The van der Waals surface area contributed by atoms with Gasteiger partial charge in [-0.25, -0.2) is 0 Å². The third-order valence-electron chi connectivity index (χ3n) is 2.72. The van der Waals surface area contributed by atoms with Crippen LogP contribution >= 0.6 is 0 Å². The summed E-state index contributed by atoms with van der Waals surface area (Å²) in [6, 6.07) is 10.5. The molecule has 1 aromatic heterocycles. The number of H-pyrrole nitrogens is 1. The average Bonchev–Trinajstić information content (AvgIpc) is 2.61. The lowest BCUT2D eigenvalue weighted by molar-refractivity contribution is 0.0618. The van der Waals surface area contributed by atoms with E-state index in [1.165, 1.54) is 10.9 Å². The second kappa shape index (κ2) is 4.07. The molecule has 0 aliphatic rings. The van der Waals surface area contributed by atoms with E-state index in [9.17, 15) is 0 Å². The summed E-state index contributed by atoms with van der Waals surface area (Å²) < 4.78 is 5.50. The lowest BCUT2D eigenvalue weighted by Gasteiger charge is -2.17. The first-order valence-electron chi connectivity index (χ1n) is 5.33. The van der Waals surface area contributed by atoms with Crippen molar-refractivity contribution in [2.24, 2.45) is 5.92 Å². The fourth-order valence-corrected chi connectivity index (χ4v) is 2.01. The molecule has 2 aromatic rings. The van der Waals surface area contributed by atoms with Crippen LogP contribution < -0.4 is 0 Å². The van der Waals surface area contributed by atoms with Gasteiger partial charge < -0.3 is 9.72 Å². The van der Waals surface area contributed by atoms with Crippen LogP contribution in [-0.4, -0.2) is 12.1 Å². The molecule has 0 saturated carbocycles. The van der Waals surface area contributed by atoms with E-state index in [1.807, 2.05) is 6.07 Å². The number of hydrogen-bond donors (Lipinski definition) is 1. The third kappa shape index (κ3) is 1.90. The monoisotopic (exact) mass is 203 g/mol. The minimum atomic E-state index is 0.150. The first-order valence-corrected chi connectivity index (χ1v) is 5.33. The first-order chi connectivity index (χ1) is 7.22. The predicted octanol–water partition coefficient (Wildman–Crippen LogP) is 3.51. The summed E-state index contributed by atoms with van der Waals surface area (Å²) in [4.78, 5) is 3.40. The zero-order chi connectivity index (χ0) is 10.8. The number of methoxy groups -OCH3 is 1. The van der Waals surface area contributed by atoms with Crippen molar-refractivity contribution >= 4 is 10.9 Å². The van der Waals surface area contributed by atoms with Crippen LogP contribution in [0.3, 0.4) is 0 Å². The molecule has 2 nitrogen and oxygen atoms in total. The van der Waals surface area contributed by atoms with Gasteiger partial charge >= 0.3 is 0 Å². The standard InChI is InChI=1S/C13H17NO/c1-9(2)13(15-3)12-8-10-6-4-5-7-11(10)14-12/h4-9,13-14H,1-3H3. The number of para-hydroxylation sites is 1. The van der Waals surface area contributed by atoms with E-state index < -0.39 is 0 Å². The van der Waals surface area contributed by atoms with Crippen molar-refractivity contribution in [3.8, 4) is 0 Å². The minimum absolute atomic E-state index is 0.150. The van der Waals surface area contributed by atoms with Gasteiger partial charge in [-0.3, -0.25) is 0 Å². The number of aromatic amines is 1. The van der Waals surface area contributed by atoms with Gasteiger partial charge in [0.25, 0.3) is 0 Å². The van der Waals surface area contributed by atoms with Gasteiger partial charge in [0.1, 0.15) is 0 Å². The van der Waals surface area contributed by atoms with E-state index in [0.29, 0.717) is 5.92 Å². The van der Waals surface area contributed by atoms with Gasteiger partial charge in [-0.05, 0) is 23.4 Å². The van der Waals surface area contributed by atoms with E-state index in [2.05, 4.69) is 43.1 Å². The maximum atomic E-state index is 5.50. The highest BCUT2D eigenvalue weighted by atomic mass is 16.5. The van der Waals surface area contributed by atoms with Crippen LogP contribution in [-0.2, 0) is 4.74 Å². The van der Waals surface area contributed by atoms with Crippen LogP contribution in [0.2, 0.25) is 0 Å². The largest absolute Gasteiger partial charge is 0.375 e. The predicted molar refractivity (Wildman–Crippen MR) is 62.9 cm³/mol. The molecule has 0 amide bonds. The summed E-state index contributed by atoms with van der Waals surface area (Å²) >= 11 is 0. The van der Waals surface area contributed by atoms with Crippen molar-refractivity contribution in [3.05, 3.63) is 36.0 Å². The summed E-state index contributed by atoms with van der Waals surface area (Å²) in [5.41, 5.74) is 2.34. The smallest absolute Gasteiger partial charge is 0.0991 e. The Morgan fingerprint density at radius 2 is 1.93 bits per heavy atom. The van der Waals surface area contributed by atoms with Crippen LogP contribution in [0.5, 0.6) is 0 Å². The van der Waals surface area contributed by atoms with Crippen molar-refractivity contribution in [3.63, 3.8) is 0 Å².